The number of aliphatic hydroxyl groups excluding tert-OH is 1. The Morgan fingerprint density at radius 2 is 1.37 bits per heavy atom. The summed E-state index contributed by atoms with van der Waals surface area (Å²) in [6, 6.07) is 23.3. The van der Waals surface area contributed by atoms with Crippen molar-refractivity contribution in [3.8, 4) is 11.1 Å². The lowest BCUT2D eigenvalue weighted by Crippen LogP contribution is -2.58. The summed E-state index contributed by atoms with van der Waals surface area (Å²) in [5, 5.41) is 23.4. The van der Waals surface area contributed by atoms with Gasteiger partial charge in [-0.15, -0.1) is 0 Å². The van der Waals surface area contributed by atoms with Gasteiger partial charge >= 0.3 is 11.9 Å². The summed E-state index contributed by atoms with van der Waals surface area (Å²) in [5.41, 5.74) is 3.33. The van der Waals surface area contributed by atoms with Gasteiger partial charge < -0.3 is 14.9 Å². The van der Waals surface area contributed by atoms with Gasteiger partial charge in [-0.2, -0.15) is 0 Å². The molecular formula is C24H21NO5. The van der Waals surface area contributed by atoms with E-state index in [1.807, 2.05) is 78.9 Å². The van der Waals surface area contributed by atoms with E-state index >= 15 is 0 Å². The number of ether oxygens (including phenoxy) is 1. The first-order valence-corrected chi connectivity index (χ1v) is 9.52. The molecule has 6 heteroatoms. The van der Waals surface area contributed by atoms with Crippen molar-refractivity contribution in [1.29, 1.82) is 0 Å². The van der Waals surface area contributed by atoms with Crippen LogP contribution in [0.5, 0.6) is 0 Å². The van der Waals surface area contributed by atoms with E-state index in [1.165, 1.54) is 0 Å². The topological polar surface area (TPSA) is 95.9 Å². The van der Waals surface area contributed by atoms with Gasteiger partial charge in [0.25, 0.3) is 0 Å². The van der Waals surface area contributed by atoms with Crippen LogP contribution in [0.4, 0.5) is 0 Å². The minimum absolute atomic E-state index is 0.797. The maximum Gasteiger partial charge on any atom is 0.336 e. The number of benzene rings is 3. The molecule has 0 aliphatic heterocycles. The second-order valence-corrected chi connectivity index (χ2v) is 7.14. The highest BCUT2D eigenvalue weighted by atomic mass is 16.5. The minimum Gasteiger partial charge on any atom is -0.480 e. The van der Waals surface area contributed by atoms with E-state index in [4.69, 9.17) is 0 Å². The van der Waals surface area contributed by atoms with Crippen molar-refractivity contribution in [1.82, 2.24) is 5.32 Å². The molecule has 1 aliphatic rings. The number of methoxy groups -OCH3 is 1. The quantitative estimate of drug-likeness (QED) is 0.548. The van der Waals surface area contributed by atoms with Gasteiger partial charge in [0.15, 0.2) is 6.10 Å². The molecule has 152 valence electrons. The highest BCUT2D eigenvalue weighted by Gasteiger charge is 2.48. The number of hydrogen-bond acceptors (Lipinski definition) is 5. The van der Waals surface area contributed by atoms with Crippen LogP contribution in [-0.4, -0.2) is 41.4 Å². The van der Waals surface area contributed by atoms with Crippen LogP contribution in [-0.2, 0) is 19.9 Å². The number of carboxylic acid groups (broad SMARTS) is 1. The summed E-state index contributed by atoms with van der Waals surface area (Å²) in [4.78, 5) is 24.1. The van der Waals surface area contributed by atoms with E-state index in [0.717, 1.165) is 34.9 Å². The number of aliphatic carboxylic acids is 1. The number of carboxylic acids is 1. The van der Waals surface area contributed by atoms with E-state index in [9.17, 15) is 19.8 Å². The molecule has 1 aliphatic carbocycles. The summed E-state index contributed by atoms with van der Waals surface area (Å²) < 4.78 is 4.59. The largest absolute Gasteiger partial charge is 0.480 e. The van der Waals surface area contributed by atoms with Gasteiger partial charge in [-0.3, -0.25) is 10.1 Å². The van der Waals surface area contributed by atoms with Crippen molar-refractivity contribution in [2.45, 2.75) is 17.7 Å². The molecule has 0 amide bonds. The lowest BCUT2D eigenvalue weighted by atomic mass is 9.79. The van der Waals surface area contributed by atoms with Crippen LogP contribution in [0.2, 0.25) is 0 Å². The fraction of sp³-hybridized carbons (Fsp3) is 0.167. The number of rotatable bonds is 6. The molecule has 30 heavy (non-hydrogen) atoms. The Balaban J connectivity index is 1.99. The summed E-state index contributed by atoms with van der Waals surface area (Å²) in [6.07, 6.45) is -1.88. The van der Waals surface area contributed by atoms with Gasteiger partial charge in [0.05, 0.1) is 12.6 Å². The molecule has 0 heterocycles. The monoisotopic (exact) mass is 403 g/mol. The maximum atomic E-state index is 12.1. The number of fused-ring (bicyclic) bond motifs is 3. The molecule has 6 nitrogen and oxygen atoms in total. The number of carbonyl (C=O) groups is 2. The Bertz CT molecular complexity index is 1050. The van der Waals surface area contributed by atoms with Crippen molar-refractivity contribution in [2.75, 3.05) is 7.11 Å². The number of aliphatic hydroxyl groups is 1. The van der Waals surface area contributed by atoms with E-state index in [1.54, 1.807) is 0 Å². The first kappa shape index (κ1) is 19.8. The lowest BCUT2D eigenvalue weighted by Gasteiger charge is -2.37. The minimum atomic E-state index is -1.88. The lowest BCUT2D eigenvalue weighted by molar-refractivity contribution is -0.159. The van der Waals surface area contributed by atoms with Gasteiger partial charge in [0.2, 0.25) is 0 Å². The Hall–Kier alpha value is -3.48. The predicted octanol–water partition coefficient (Wildman–Crippen LogP) is 2.54. The standard InChI is InChI=1S/C24H21NO5/c1-30-23(29)21(26)20(22(27)28)25-24(15-9-3-2-4-10-15)18-13-7-5-11-16(18)17-12-6-8-14-19(17)24/h2-14,20-21,25-26H,1H3,(H,27,28)/t20-,21-/m0/s1. The fourth-order valence-corrected chi connectivity index (χ4v) is 4.24. The van der Waals surface area contributed by atoms with Crippen LogP contribution in [0.3, 0.4) is 0 Å². The SMILES string of the molecule is COC(=O)[C@@H](O)[C@H](NC1(c2ccccc2)c2ccccc2-c2ccccc21)C(=O)O. The number of hydrogen-bond donors (Lipinski definition) is 3. The Kier molecular flexibility index (Phi) is 5.11. The van der Waals surface area contributed by atoms with Crippen LogP contribution in [0.25, 0.3) is 11.1 Å². The summed E-state index contributed by atoms with van der Waals surface area (Å²) in [7, 11) is 1.11. The highest BCUT2D eigenvalue weighted by molar-refractivity contribution is 5.87. The third kappa shape index (κ3) is 2.98. The average Bonchev–Trinajstić information content (AvgIpc) is 3.08. The molecule has 0 saturated carbocycles. The van der Waals surface area contributed by atoms with Gasteiger partial charge in [-0.05, 0) is 27.8 Å². The van der Waals surface area contributed by atoms with Gasteiger partial charge in [-0.1, -0.05) is 78.9 Å². The second kappa shape index (κ2) is 7.74. The van der Waals surface area contributed by atoms with Crippen LogP contribution in [0, 0.1) is 0 Å². The normalized spacial score (nSPS) is 15.5. The predicted molar refractivity (Wildman–Crippen MR) is 111 cm³/mol. The summed E-state index contributed by atoms with van der Waals surface area (Å²) in [5.74, 6) is -2.37. The molecule has 3 N–H and O–H groups in total. The molecule has 0 radical (unpaired) electrons. The first-order valence-electron chi connectivity index (χ1n) is 9.52. The van der Waals surface area contributed by atoms with Crippen LogP contribution < -0.4 is 5.32 Å². The highest BCUT2D eigenvalue weighted by Crippen LogP contribution is 2.51. The zero-order valence-electron chi connectivity index (χ0n) is 16.3. The van der Waals surface area contributed by atoms with E-state index in [0.29, 0.717) is 0 Å². The molecule has 4 rings (SSSR count). The van der Waals surface area contributed by atoms with Crippen molar-refractivity contribution in [2.24, 2.45) is 0 Å². The third-order valence-corrected chi connectivity index (χ3v) is 5.56. The van der Waals surface area contributed by atoms with Crippen molar-refractivity contribution < 1.29 is 24.5 Å². The molecule has 0 unspecified atom stereocenters. The molecule has 3 aromatic rings. The van der Waals surface area contributed by atoms with E-state index in [2.05, 4.69) is 10.1 Å². The summed E-state index contributed by atoms with van der Waals surface area (Å²) >= 11 is 0. The van der Waals surface area contributed by atoms with Crippen LogP contribution >= 0.6 is 0 Å². The second-order valence-electron chi connectivity index (χ2n) is 7.14. The Morgan fingerprint density at radius 3 is 1.87 bits per heavy atom. The zero-order chi connectivity index (χ0) is 21.3. The molecule has 0 saturated heterocycles. The summed E-state index contributed by atoms with van der Waals surface area (Å²) in [6.45, 7) is 0. The average molecular weight is 403 g/mol. The zero-order valence-corrected chi connectivity index (χ0v) is 16.3. The number of nitrogens with one attached hydrogen (secondary N) is 1. The third-order valence-electron chi connectivity index (χ3n) is 5.56. The molecule has 0 aromatic heterocycles. The fourth-order valence-electron chi connectivity index (χ4n) is 4.24. The molecule has 0 bridgehead atoms. The Morgan fingerprint density at radius 1 is 0.867 bits per heavy atom. The van der Waals surface area contributed by atoms with Crippen molar-refractivity contribution in [3.63, 3.8) is 0 Å². The molecule has 0 fully saturated rings. The van der Waals surface area contributed by atoms with Gasteiger partial charge in [-0.25, -0.2) is 4.79 Å². The van der Waals surface area contributed by atoms with Gasteiger partial charge in [0.1, 0.15) is 6.04 Å². The van der Waals surface area contributed by atoms with Crippen LogP contribution in [0.15, 0.2) is 78.9 Å². The molecule has 3 aromatic carbocycles. The van der Waals surface area contributed by atoms with E-state index in [-0.39, 0.29) is 0 Å². The number of esters is 1. The van der Waals surface area contributed by atoms with E-state index < -0.39 is 29.6 Å². The van der Waals surface area contributed by atoms with Crippen LogP contribution in [0.1, 0.15) is 16.7 Å². The molecular weight excluding hydrogens is 382 g/mol. The Labute approximate surface area is 173 Å². The van der Waals surface area contributed by atoms with Crippen molar-refractivity contribution in [3.05, 3.63) is 95.6 Å². The molecule has 0 spiro atoms. The maximum absolute atomic E-state index is 12.1. The molecule has 2 atom stereocenters. The smallest absolute Gasteiger partial charge is 0.336 e. The first-order chi connectivity index (χ1) is 14.5. The van der Waals surface area contributed by atoms with Gasteiger partial charge in [0, 0.05) is 0 Å². The van der Waals surface area contributed by atoms with Crippen molar-refractivity contribution >= 4 is 11.9 Å². The number of carbonyl (C=O) groups excluding carboxylic acids is 1.